The Morgan fingerprint density at radius 3 is 0.679 bits per heavy atom. The summed E-state index contributed by atoms with van der Waals surface area (Å²) in [5.74, 6) is 0. The molecule has 0 radical (unpaired) electrons. The molecule has 0 N–H and O–H groups in total. The third-order valence-electron chi connectivity index (χ3n) is 5.62. The molecule has 2 nitrogen and oxygen atoms in total. The zero-order valence-electron chi connectivity index (χ0n) is 20.5. The summed E-state index contributed by atoms with van der Waals surface area (Å²) in [7, 11) is 2.17. The summed E-state index contributed by atoms with van der Waals surface area (Å²) < 4.78 is 9.63. The van der Waals surface area contributed by atoms with Crippen LogP contribution in [0.2, 0.25) is 6.55 Å². The number of hydrogen-bond acceptors (Lipinski definition) is 2. The van der Waals surface area contributed by atoms with Gasteiger partial charge in [-0.05, 0) is 6.55 Å². The Labute approximate surface area is 181 Å². The molecule has 3 heteroatoms. The SMILES string of the molecule is CCCCCCCCCCCCCCCCCCCCCC.CO[SiH](C)OC. The highest BCUT2D eigenvalue weighted by molar-refractivity contribution is 6.42. The molecule has 172 valence electrons. The quantitative estimate of drug-likeness (QED) is 0.137. The monoisotopic (exact) mass is 416 g/mol. The lowest BCUT2D eigenvalue weighted by molar-refractivity contribution is 0.285. The fourth-order valence-corrected chi connectivity index (χ4v) is 3.62. The fourth-order valence-electron chi connectivity index (χ4n) is 3.42. The van der Waals surface area contributed by atoms with Crippen molar-refractivity contribution >= 4 is 9.28 Å². The first kappa shape index (κ1) is 30.3. The largest absolute Gasteiger partial charge is 0.400 e. The lowest BCUT2D eigenvalue weighted by atomic mass is 10.0. The van der Waals surface area contributed by atoms with E-state index in [9.17, 15) is 0 Å². The second-order valence-electron chi connectivity index (χ2n) is 8.40. The predicted octanol–water partition coefficient (Wildman–Crippen LogP) is 8.96. The van der Waals surface area contributed by atoms with E-state index in [0.29, 0.717) is 0 Å². The minimum absolute atomic E-state index is 1.16. The van der Waals surface area contributed by atoms with E-state index >= 15 is 0 Å². The molecule has 0 aliphatic heterocycles. The molecule has 0 aromatic heterocycles. The standard InChI is InChI=1S/C22H46.C3H10O2Si/c1-3-5-7-9-11-13-15-17-19-21-22-20-18-16-14-12-10-8-6-4-2;1-4-6(3)5-2/h3-22H2,1-2H3;6H,1-3H3. The van der Waals surface area contributed by atoms with Gasteiger partial charge in [0.2, 0.25) is 0 Å². The Morgan fingerprint density at radius 2 is 0.571 bits per heavy atom. The molecule has 0 saturated heterocycles. The van der Waals surface area contributed by atoms with Crippen LogP contribution in [0, 0.1) is 0 Å². The van der Waals surface area contributed by atoms with Crippen LogP contribution in [0.3, 0.4) is 0 Å². The van der Waals surface area contributed by atoms with Gasteiger partial charge >= 0.3 is 9.28 Å². The molecule has 0 spiro atoms. The first-order chi connectivity index (χ1) is 13.7. The van der Waals surface area contributed by atoms with Crippen LogP contribution < -0.4 is 0 Å². The Balaban J connectivity index is 0. The fraction of sp³-hybridized carbons (Fsp3) is 1.00. The molecule has 0 unspecified atom stereocenters. The third-order valence-corrected chi connectivity index (χ3v) is 6.95. The van der Waals surface area contributed by atoms with Crippen molar-refractivity contribution in [2.75, 3.05) is 14.2 Å². The van der Waals surface area contributed by atoms with Crippen LogP contribution in [0.15, 0.2) is 0 Å². The van der Waals surface area contributed by atoms with Gasteiger partial charge in [0.15, 0.2) is 0 Å². The molecule has 0 aliphatic rings. The molecule has 0 aromatic rings. The number of hydrogen-bond donors (Lipinski definition) is 0. The Kier molecular flexibility index (Phi) is 31.8. The molecule has 0 bridgehead atoms. The van der Waals surface area contributed by atoms with Gasteiger partial charge in [-0.1, -0.05) is 142 Å². The normalized spacial score (nSPS) is 10.9. The molecule has 0 heterocycles. The Bertz CT molecular complexity index is 225. The lowest BCUT2D eigenvalue weighted by Gasteiger charge is -2.03. The second kappa shape index (κ2) is 29.3. The zero-order valence-corrected chi connectivity index (χ0v) is 21.7. The zero-order chi connectivity index (χ0) is 21.1. The Hall–Kier alpha value is 0.137. The molecular weight excluding hydrogens is 360 g/mol. The third kappa shape index (κ3) is 30.9. The van der Waals surface area contributed by atoms with E-state index in [1.54, 1.807) is 14.2 Å². The van der Waals surface area contributed by atoms with Gasteiger partial charge in [-0.3, -0.25) is 0 Å². The summed E-state index contributed by atoms with van der Waals surface area (Å²) in [6.07, 6.45) is 29.4. The minimum atomic E-state index is -1.16. The maximum Gasteiger partial charge on any atom is 0.317 e. The summed E-state index contributed by atoms with van der Waals surface area (Å²) >= 11 is 0. The van der Waals surface area contributed by atoms with Crippen LogP contribution in [0.4, 0.5) is 0 Å². The highest BCUT2D eigenvalue weighted by Gasteiger charge is 1.95. The molecular formula is C25H56O2Si. The molecule has 28 heavy (non-hydrogen) atoms. The smallest absolute Gasteiger partial charge is 0.317 e. The van der Waals surface area contributed by atoms with Crippen LogP contribution in [0.25, 0.3) is 0 Å². The van der Waals surface area contributed by atoms with E-state index in [0.717, 1.165) is 0 Å². The Morgan fingerprint density at radius 1 is 0.393 bits per heavy atom. The van der Waals surface area contributed by atoms with E-state index < -0.39 is 9.28 Å². The van der Waals surface area contributed by atoms with Gasteiger partial charge < -0.3 is 8.85 Å². The van der Waals surface area contributed by atoms with Crippen molar-refractivity contribution in [3.63, 3.8) is 0 Å². The number of rotatable bonds is 21. The van der Waals surface area contributed by atoms with Crippen molar-refractivity contribution in [3.8, 4) is 0 Å². The molecule has 0 aliphatic carbocycles. The van der Waals surface area contributed by atoms with Crippen LogP contribution in [-0.4, -0.2) is 23.5 Å². The molecule has 0 atom stereocenters. The molecule has 0 fully saturated rings. The van der Waals surface area contributed by atoms with E-state index in [4.69, 9.17) is 8.85 Å². The second-order valence-corrected chi connectivity index (χ2v) is 10.5. The van der Waals surface area contributed by atoms with Crippen molar-refractivity contribution in [3.05, 3.63) is 0 Å². The van der Waals surface area contributed by atoms with E-state index in [1.165, 1.54) is 128 Å². The van der Waals surface area contributed by atoms with Gasteiger partial charge in [0.1, 0.15) is 0 Å². The first-order valence-electron chi connectivity index (χ1n) is 12.8. The summed E-state index contributed by atoms with van der Waals surface area (Å²) in [5.41, 5.74) is 0. The maximum absolute atomic E-state index is 4.82. The molecule has 0 saturated carbocycles. The minimum Gasteiger partial charge on any atom is -0.400 e. The van der Waals surface area contributed by atoms with Crippen molar-refractivity contribution in [2.45, 2.75) is 149 Å². The summed E-state index contributed by atoms with van der Waals surface area (Å²) in [4.78, 5) is 0. The van der Waals surface area contributed by atoms with Crippen molar-refractivity contribution in [1.82, 2.24) is 0 Å². The van der Waals surface area contributed by atoms with Crippen molar-refractivity contribution in [2.24, 2.45) is 0 Å². The van der Waals surface area contributed by atoms with Crippen molar-refractivity contribution in [1.29, 1.82) is 0 Å². The summed E-state index contributed by atoms with van der Waals surface area (Å²) in [6.45, 7) is 6.57. The predicted molar refractivity (Wildman–Crippen MR) is 131 cm³/mol. The van der Waals surface area contributed by atoms with E-state index in [1.807, 2.05) is 6.55 Å². The highest BCUT2D eigenvalue weighted by atomic mass is 28.3. The van der Waals surface area contributed by atoms with Crippen molar-refractivity contribution < 1.29 is 8.85 Å². The molecule has 0 rings (SSSR count). The van der Waals surface area contributed by atoms with E-state index in [-0.39, 0.29) is 0 Å². The molecule has 0 aromatic carbocycles. The van der Waals surface area contributed by atoms with Crippen LogP contribution in [0.5, 0.6) is 0 Å². The lowest BCUT2D eigenvalue weighted by Crippen LogP contribution is -2.12. The van der Waals surface area contributed by atoms with Gasteiger partial charge in [-0.2, -0.15) is 0 Å². The summed E-state index contributed by atoms with van der Waals surface area (Å²) in [5, 5.41) is 0. The summed E-state index contributed by atoms with van der Waals surface area (Å²) in [6, 6.07) is 0. The maximum atomic E-state index is 4.82. The van der Waals surface area contributed by atoms with Gasteiger partial charge in [0.05, 0.1) is 0 Å². The molecule has 0 amide bonds. The highest BCUT2D eigenvalue weighted by Crippen LogP contribution is 2.14. The van der Waals surface area contributed by atoms with Crippen LogP contribution in [-0.2, 0) is 8.85 Å². The van der Waals surface area contributed by atoms with Gasteiger partial charge in [0.25, 0.3) is 0 Å². The average molecular weight is 417 g/mol. The van der Waals surface area contributed by atoms with Gasteiger partial charge in [-0.15, -0.1) is 0 Å². The first-order valence-corrected chi connectivity index (χ1v) is 14.9. The van der Waals surface area contributed by atoms with Gasteiger partial charge in [-0.25, -0.2) is 0 Å². The number of unbranched alkanes of at least 4 members (excludes halogenated alkanes) is 19. The van der Waals surface area contributed by atoms with Gasteiger partial charge in [0, 0.05) is 14.2 Å². The topological polar surface area (TPSA) is 18.5 Å². The van der Waals surface area contributed by atoms with Crippen LogP contribution in [0.1, 0.15) is 142 Å². The van der Waals surface area contributed by atoms with E-state index in [2.05, 4.69) is 13.8 Å². The average Bonchev–Trinajstić information content (AvgIpc) is 2.72. The van der Waals surface area contributed by atoms with Crippen LogP contribution >= 0.6 is 0 Å².